The minimum atomic E-state index is 0. The molecule has 0 spiro atoms. The zero-order valence-corrected chi connectivity index (χ0v) is 16.5. The summed E-state index contributed by atoms with van der Waals surface area (Å²) in [5, 5.41) is 6.44. The Hall–Kier alpha value is 0.280. The van der Waals surface area contributed by atoms with Crippen molar-refractivity contribution in [1.29, 1.82) is 0 Å². The van der Waals surface area contributed by atoms with Crippen LogP contribution in [-0.4, -0.2) is 73.3 Å². The van der Waals surface area contributed by atoms with Gasteiger partial charge in [0, 0.05) is 56.7 Å². The first kappa shape index (κ1) is 23.3. The monoisotopic (exact) mass is 387 g/mol. The van der Waals surface area contributed by atoms with Crippen molar-refractivity contribution >= 4 is 42.5 Å². The third-order valence-electron chi connectivity index (χ3n) is 3.90. The summed E-state index contributed by atoms with van der Waals surface area (Å²) < 4.78 is 5.73. The maximum Gasteiger partial charge on any atom is 0.221 e. The van der Waals surface area contributed by atoms with Gasteiger partial charge in [-0.2, -0.15) is 11.8 Å². The topological polar surface area (TPSA) is 53.6 Å². The first-order valence-corrected chi connectivity index (χ1v) is 9.24. The summed E-state index contributed by atoms with van der Waals surface area (Å²) in [5.41, 5.74) is 0. The van der Waals surface area contributed by atoms with Gasteiger partial charge in [0.1, 0.15) is 0 Å². The molecule has 0 saturated carbocycles. The van der Waals surface area contributed by atoms with Gasteiger partial charge in [-0.05, 0) is 20.3 Å². The lowest BCUT2D eigenvalue weighted by atomic mass is 10.2. The zero-order valence-electron chi connectivity index (χ0n) is 14.1. The minimum absolute atomic E-state index is 0. The molecule has 1 amide bonds. The highest BCUT2D eigenvalue weighted by Crippen LogP contribution is 2.11. The molecular weight excluding hydrogens is 357 g/mol. The highest BCUT2D eigenvalue weighted by Gasteiger charge is 2.21. The molecule has 2 saturated heterocycles. The molecule has 0 aromatic carbocycles. The molecule has 2 heterocycles. The summed E-state index contributed by atoms with van der Waals surface area (Å²) in [6.45, 7) is 9.09. The van der Waals surface area contributed by atoms with E-state index < -0.39 is 0 Å². The van der Waals surface area contributed by atoms with Crippen LogP contribution in [0.1, 0.15) is 26.7 Å². The molecule has 0 bridgehead atoms. The number of hydrogen-bond acceptors (Lipinski definition) is 5. The molecule has 23 heavy (non-hydrogen) atoms. The van der Waals surface area contributed by atoms with E-state index in [1.165, 1.54) is 0 Å². The Morgan fingerprint density at radius 3 is 2.61 bits per heavy atom. The number of thioether (sulfide) groups is 1. The van der Waals surface area contributed by atoms with Crippen molar-refractivity contribution in [2.75, 3.05) is 44.2 Å². The van der Waals surface area contributed by atoms with Gasteiger partial charge in [0.2, 0.25) is 5.91 Å². The fraction of sp³-hybridized carbons (Fsp3) is 0.933. The first-order valence-electron chi connectivity index (χ1n) is 8.09. The zero-order chi connectivity index (χ0) is 15.1. The van der Waals surface area contributed by atoms with Crippen molar-refractivity contribution in [2.24, 2.45) is 0 Å². The minimum Gasteiger partial charge on any atom is -0.373 e. The van der Waals surface area contributed by atoms with Crippen LogP contribution in [-0.2, 0) is 9.53 Å². The van der Waals surface area contributed by atoms with Crippen molar-refractivity contribution in [3.63, 3.8) is 0 Å². The van der Waals surface area contributed by atoms with Gasteiger partial charge in [0.05, 0.1) is 12.2 Å². The molecule has 0 aromatic heterocycles. The van der Waals surface area contributed by atoms with Crippen LogP contribution in [0.5, 0.6) is 0 Å². The Kier molecular flexibility index (Phi) is 12.8. The van der Waals surface area contributed by atoms with Crippen molar-refractivity contribution in [2.45, 2.75) is 44.9 Å². The largest absolute Gasteiger partial charge is 0.373 e. The first-order chi connectivity index (χ1) is 10.1. The fourth-order valence-corrected chi connectivity index (χ4v) is 3.99. The van der Waals surface area contributed by atoms with Crippen molar-refractivity contribution < 1.29 is 9.53 Å². The number of carbonyl (C=O) groups is 1. The molecule has 2 rings (SSSR count). The number of nitrogens with one attached hydrogen (secondary N) is 2. The average Bonchev–Trinajstić information content (AvgIpc) is 2.44. The van der Waals surface area contributed by atoms with Crippen molar-refractivity contribution in [1.82, 2.24) is 15.5 Å². The van der Waals surface area contributed by atoms with Crippen LogP contribution < -0.4 is 10.6 Å². The maximum absolute atomic E-state index is 11.9. The second kappa shape index (κ2) is 12.6. The summed E-state index contributed by atoms with van der Waals surface area (Å²) in [7, 11) is 0. The molecule has 8 heteroatoms. The number of ether oxygens (including phenoxy) is 1. The molecule has 2 N–H and O–H groups in total. The number of carbonyl (C=O) groups excluding carboxylic acids is 1. The predicted molar refractivity (Wildman–Crippen MR) is 102 cm³/mol. The lowest BCUT2D eigenvalue weighted by molar-refractivity contribution is -0.121. The number of rotatable bonds is 6. The van der Waals surface area contributed by atoms with E-state index in [0.717, 1.165) is 50.7 Å². The van der Waals surface area contributed by atoms with Crippen LogP contribution in [0.3, 0.4) is 0 Å². The molecule has 0 aliphatic carbocycles. The molecule has 2 fully saturated rings. The highest BCUT2D eigenvalue weighted by atomic mass is 35.5. The van der Waals surface area contributed by atoms with Gasteiger partial charge >= 0.3 is 0 Å². The normalized spacial score (nSPS) is 28.3. The Bertz CT molecular complexity index is 324. The van der Waals surface area contributed by atoms with Crippen molar-refractivity contribution in [3.8, 4) is 0 Å². The number of nitrogens with zero attached hydrogens (tertiary/aromatic N) is 1. The van der Waals surface area contributed by atoms with Gasteiger partial charge in [0.25, 0.3) is 0 Å². The number of halogens is 2. The lowest BCUT2D eigenvalue weighted by Crippen LogP contribution is -2.46. The number of amides is 1. The number of morpholine rings is 1. The van der Waals surface area contributed by atoms with Crippen LogP contribution in [0, 0.1) is 0 Å². The van der Waals surface area contributed by atoms with Crippen LogP contribution in [0.4, 0.5) is 0 Å². The Morgan fingerprint density at radius 1 is 1.30 bits per heavy atom. The Morgan fingerprint density at radius 2 is 2.00 bits per heavy atom. The molecule has 2 aliphatic heterocycles. The fourth-order valence-electron chi connectivity index (χ4n) is 3.04. The summed E-state index contributed by atoms with van der Waals surface area (Å²) in [5.74, 6) is 2.39. The Balaban J connectivity index is 0.00000242. The van der Waals surface area contributed by atoms with Gasteiger partial charge in [-0.1, -0.05) is 0 Å². The quantitative estimate of drug-likeness (QED) is 0.677. The van der Waals surface area contributed by atoms with E-state index >= 15 is 0 Å². The van der Waals surface area contributed by atoms with E-state index in [-0.39, 0.29) is 30.7 Å². The van der Waals surface area contributed by atoms with Crippen molar-refractivity contribution in [3.05, 3.63) is 0 Å². The molecular formula is C15H31Cl2N3O2S. The molecule has 0 radical (unpaired) electrons. The van der Waals surface area contributed by atoms with E-state index in [1.807, 2.05) is 11.8 Å². The summed E-state index contributed by atoms with van der Waals surface area (Å²) >= 11 is 1.93. The SMILES string of the molecule is CC1CN(CCCNC(=O)CC2CSCCN2)CC(C)O1.Cl.Cl. The van der Waals surface area contributed by atoms with Crippen LogP contribution in [0.25, 0.3) is 0 Å². The molecule has 138 valence electrons. The van der Waals surface area contributed by atoms with E-state index in [2.05, 4.69) is 29.4 Å². The maximum atomic E-state index is 11.9. The predicted octanol–water partition coefficient (Wildman–Crippen LogP) is 1.54. The summed E-state index contributed by atoms with van der Waals surface area (Å²) in [6, 6.07) is 0.352. The molecule has 3 unspecified atom stereocenters. The number of hydrogen-bond donors (Lipinski definition) is 2. The second-order valence-electron chi connectivity index (χ2n) is 6.15. The van der Waals surface area contributed by atoms with Crippen LogP contribution in [0.15, 0.2) is 0 Å². The Labute approximate surface area is 156 Å². The summed E-state index contributed by atoms with van der Waals surface area (Å²) in [6.07, 6.45) is 2.26. The van der Waals surface area contributed by atoms with E-state index in [0.29, 0.717) is 24.7 Å². The standard InChI is InChI=1S/C15H29N3O2S.2ClH/c1-12-9-18(10-13(2)20-12)6-3-4-17-15(19)8-14-11-21-7-5-16-14;;/h12-14,16H,3-11H2,1-2H3,(H,17,19);2*1H. The average molecular weight is 388 g/mol. The second-order valence-corrected chi connectivity index (χ2v) is 7.30. The van der Waals surface area contributed by atoms with Gasteiger partial charge in [-0.15, -0.1) is 24.8 Å². The molecule has 2 aliphatic rings. The van der Waals surface area contributed by atoms with Crippen LogP contribution >= 0.6 is 36.6 Å². The van der Waals surface area contributed by atoms with Gasteiger partial charge in [0.15, 0.2) is 0 Å². The van der Waals surface area contributed by atoms with Gasteiger partial charge in [-0.3, -0.25) is 9.69 Å². The van der Waals surface area contributed by atoms with Gasteiger partial charge < -0.3 is 15.4 Å². The molecule has 5 nitrogen and oxygen atoms in total. The lowest BCUT2D eigenvalue weighted by Gasteiger charge is -2.35. The smallest absolute Gasteiger partial charge is 0.221 e. The van der Waals surface area contributed by atoms with E-state index in [9.17, 15) is 4.79 Å². The highest BCUT2D eigenvalue weighted by molar-refractivity contribution is 7.99. The van der Waals surface area contributed by atoms with E-state index in [1.54, 1.807) is 0 Å². The third kappa shape index (κ3) is 9.37. The molecule has 0 aromatic rings. The van der Waals surface area contributed by atoms with E-state index in [4.69, 9.17) is 4.74 Å². The van der Waals surface area contributed by atoms with Gasteiger partial charge in [-0.25, -0.2) is 0 Å². The van der Waals surface area contributed by atoms with Crippen LogP contribution in [0.2, 0.25) is 0 Å². The third-order valence-corrected chi connectivity index (χ3v) is 5.03. The molecule has 3 atom stereocenters. The summed E-state index contributed by atoms with van der Waals surface area (Å²) in [4.78, 5) is 14.3.